The second kappa shape index (κ2) is 10.6. The van der Waals surface area contributed by atoms with Crippen molar-refractivity contribution in [2.45, 2.75) is 50.5 Å². The van der Waals surface area contributed by atoms with Crippen LogP contribution in [0.3, 0.4) is 0 Å². The predicted octanol–water partition coefficient (Wildman–Crippen LogP) is 6.25. The molecule has 1 atom stereocenters. The van der Waals surface area contributed by atoms with Gasteiger partial charge in [-0.25, -0.2) is 8.42 Å². The minimum atomic E-state index is -4.04. The summed E-state index contributed by atoms with van der Waals surface area (Å²) in [7, 11) is -4.04. The van der Waals surface area contributed by atoms with Crippen LogP contribution in [0.25, 0.3) is 0 Å². The Kier molecular flexibility index (Phi) is 7.74. The van der Waals surface area contributed by atoms with Crippen LogP contribution < -0.4 is 9.62 Å². The maximum Gasteiger partial charge on any atom is 0.264 e. The van der Waals surface area contributed by atoms with Gasteiger partial charge in [0.15, 0.2) is 0 Å². The number of carbonyl (C=O) groups excluding carboxylic acids is 1. The van der Waals surface area contributed by atoms with Crippen molar-refractivity contribution in [3.8, 4) is 0 Å². The van der Waals surface area contributed by atoms with E-state index in [0.29, 0.717) is 5.02 Å². The molecular formula is C27H28Cl2N2O3S. The van der Waals surface area contributed by atoms with Gasteiger partial charge in [0.2, 0.25) is 5.91 Å². The fourth-order valence-electron chi connectivity index (χ4n) is 4.32. The molecule has 3 aromatic carbocycles. The molecule has 0 aromatic heterocycles. The van der Waals surface area contributed by atoms with Crippen LogP contribution in [0.5, 0.6) is 0 Å². The molecule has 35 heavy (non-hydrogen) atoms. The fourth-order valence-corrected chi connectivity index (χ4v) is 6.02. The first-order valence-corrected chi connectivity index (χ1v) is 13.8. The zero-order valence-electron chi connectivity index (χ0n) is 19.7. The van der Waals surface area contributed by atoms with Crippen molar-refractivity contribution in [1.29, 1.82) is 0 Å². The fraction of sp³-hybridized carbons (Fsp3) is 0.296. The number of sulfonamides is 1. The predicted molar refractivity (Wildman–Crippen MR) is 142 cm³/mol. The lowest BCUT2D eigenvalue weighted by molar-refractivity contribution is -0.120. The summed E-state index contributed by atoms with van der Waals surface area (Å²) < 4.78 is 28.2. The minimum absolute atomic E-state index is 0.0877. The minimum Gasteiger partial charge on any atom is -0.348 e. The van der Waals surface area contributed by atoms with E-state index in [1.165, 1.54) is 48.2 Å². The summed E-state index contributed by atoms with van der Waals surface area (Å²) in [6, 6.07) is 17.1. The highest BCUT2D eigenvalue weighted by Gasteiger charge is 2.28. The highest BCUT2D eigenvalue weighted by molar-refractivity contribution is 7.92. The van der Waals surface area contributed by atoms with E-state index >= 15 is 0 Å². The van der Waals surface area contributed by atoms with Crippen LogP contribution in [0.15, 0.2) is 65.6 Å². The van der Waals surface area contributed by atoms with Crippen LogP contribution in [0.2, 0.25) is 10.0 Å². The van der Waals surface area contributed by atoms with Crippen molar-refractivity contribution in [2.75, 3.05) is 10.8 Å². The normalized spacial score (nSPS) is 14.2. The summed E-state index contributed by atoms with van der Waals surface area (Å²) in [6.45, 7) is 3.38. The third-order valence-electron chi connectivity index (χ3n) is 6.34. The smallest absolute Gasteiger partial charge is 0.264 e. The molecule has 8 heteroatoms. The molecule has 1 N–H and O–H groups in total. The Labute approximate surface area is 217 Å². The zero-order valence-corrected chi connectivity index (χ0v) is 22.1. The van der Waals surface area contributed by atoms with Crippen LogP contribution in [0.4, 0.5) is 5.69 Å². The van der Waals surface area contributed by atoms with Gasteiger partial charge in [-0.1, -0.05) is 59.1 Å². The summed E-state index contributed by atoms with van der Waals surface area (Å²) in [5.74, 6) is -0.419. The average molecular weight is 532 g/mol. The first-order valence-electron chi connectivity index (χ1n) is 11.6. The molecular weight excluding hydrogens is 503 g/mol. The quantitative estimate of drug-likeness (QED) is 0.392. The number of nitrogens with one attached hydrogen (secondary N) is 1. The van der Waals surface area contributed by atoms with E-state index in [1.807, 2.05) is 19.9 Å². The average Bonchev–Trinajstić information content (AvgIpc) is 2.84. The van der Waals surface area contributed by atoms with Gasteiger partial charge in [-0.05, 0) is 86.6 Å². The summed E-state index contributed by atoms with van der Waals surface area (Å²) in [5.41, 5.74) is 4.89. The molecule has 0 aliphatic heterocycles. The number of carbonyl (C=O) groups is 1. The Morgan fingerprint density at radius 1 is 0.943 bits per heavy atom. The van der Waals surface area contributed by atoms with Crippen LogP contribution in [-0.2, 0) is 27.7 Å². The highest BCUT2D eigenvalue weighted by atomic mass is 35.5. The lowest BCUT2D eigenvalue weighted by Crippen LogP contribution is -2.41. The lowest BCUT2D eigenvalue weighted by atomic mass is 9.89. The zero-order chi connectivity index (χ0) is 25.2. The van der Waals surface area contributed by atoms with Gasteiger partial charge in [0.1, 0.15) is 6.54 Å². The molecule has 0 spiro atoms. The second-order valence-electron chi connectivity index (χ2n) is 8.95. The van der Waals surface area contributed by atoms with Crippen LogP contribution in [0, 0.1) is 6.92 Å². The first kappa shape index (κ1) is 25.5. The van der Waals surface area contributed by atoms with Crippen LogP contribution in [0.1, 0.15) is 48.1 Å². The Balaban J connectivity index is 1.59. The van der Waals surface area contributed by atoms with Crippen molar-refractivity contribution in [3.05, 3.63) is 93.0 Å². The number of hydrogen-bond acceptors (Lipinski definition) is 3. The number of amides is 1. The van der Waals surface area contributed by atoms with E-state index in [4.69, 9.17) is 23.2 Å². The van der Waals surface area contributed by atoms with Crippen molar-refractivity contribution < 1.29 is 13.2 Å². The topological polar surface area (TPSA) is 66.5 Å². The van der Waals surface area contributed by atoms with Gasteiger partial charge in [0.25, 0.3) is 10.0 Å². The number of benzene rings is 3. The molecule has 5 nitrogen and oxygen atoms in total. The van der Waals surface area contributed by atoms with Crippen molar-refractivity contribution in [2.24, 2.45) is 0 Å². The molecule has 0 saturated carbocycles. The molecule has 1 amide bonds. The molecule has 0 fully saturated rings. The molecule has 0 heterocycles. The third kappa shape index (κ3) is 5.83. The van der Waals surface area contributed by atoms with E-state index in [9.17, 15) is 13.2 Å². The van der Waals surface area contributed by atoms with Crippen molar-refractivity contribution in [1.82, 2.24) is 5.32 Å². The van der Waals surface area contributed by atoms with Gasteiger partial charge in [-0.2, -0.15) is 0 Å². The Morgan fingerprint density at radius 2 is 1.63 bits per heavy atom. The maximum absolute atomic E-state index is 13.6. The third-order valence-corrected chi connectivity index (χ3v) is 8.86. The maximum atomic E-state index is 13.6. The Morgan fingerprint density at radius 3 is 2.31 bits per heavy atom. The number of nitrogens with zero attached hydrogens (tertiary/aromatic N) is 1. The van der Waals surface area contributed by atoms with E-state index in [-0.39, 0.29) is 21.6 Å². The largest absolute Gasteiger partial charge is 0.348 e. The molecule has 0 bridgehead atoms. The van der Waals surface area contributed by atoms with E-state index in [1.54, 1.807) is 18.2 Å². The SMILES string of the molecule is Cc1ccc(S(=O)(=O)N(CC(=O)N[C@H](C)c2ccc3c(c2)CCCC3)c2ccc(Cl)c(Cl)c2)cc1. The summed E-state index contributed by atoms with van der Waals surface area (Å²) in [5, 5.41) is 3.46. The number of hydrogen-bond donors (Lipinski definition) is 1. The number of anilines is 1. The molecule has 1 aliphatic rings. The summed E-state index contributed by atoms with van der Waals surface area (Å²) >= 11 is 12.2. The molecule has 0 saturated heterocycles. The van der Waals surface area contributed by atoms with E-state index in [0.717, 1.165) is 28.3 Å². The van der Waals surface area contributed by atoms with Gasteiger partial charge in [-0.3, -0.25) is 9.10 Å². The lowest BCUT2D eigenvalue weighted by Gasteiger charge is -2.26. The second-order valence-corrected chi connectivity index (χ2v) is 11.6. The van der Waals surface area contributed by atoms with Crippen LogP contribution in [-0.4, -0.2) is 20.9 Å². The van der Waals surface area contributed by atoms with Gasteiger partial charge >= 0.3 is 0 Å². The molecule has 0 unspecified atom stereocenters. The van der Waals surface area contributed by atoms with Crippen molar-refractivity contribution in [3.63, 3.8) is 0 Å². The monoisotopic (exact) mass is 530 g/mol. The van der Waals surface area contributed by atoms with Crippen molar-refractivity contribution >= 4 is 44.8 Å². The van der Waals surface area contributed by atoms with Gasteiger partial charge < -0.3 is 5.32 Å². The highest BCUT2D eigenvalue weighted by Crippen LogP contribution is 2.31. The van der Waals surface area contributed by atoms with Crippen LogP contribution >= 0.6 is 23.2 Å². The van der Waals surface area contributed by atoms with Gasteiger partial charge in [-0.15, -0.1) is 0 Å². The number of halogens is 2. The number of fused-ring (bicyclic) bond motifs is 1. The standard InChI is InChI=1S/C27H28Cl2N2O3S/c1-18-7-12-24(13-8-18)35(33,34)31(23-11-14-25(28)26(29)16-23)17-27(32)30-19(2)21-10-9-20-5-3-4-6-22(20)15-21/h7-16,19H,3-6,17H2,1-2H3,(H,30,32)/t19-/m1/s1. The summed E-state index contributed by atoms with van der Waals surface area (Å²) in [6.07, 6.45) is 4.51. The Bertz CT molecular complexity index is 1340. The van der Waals surface area contributed by atoms with E-state index in [2.05, 4.69) is 17.4 Å². The first-order chi connectivity index (χ1) is 16.6. The summed E-state index contributed by atoms with van der Waals surface area (Å²) in [4.78, 5) is 13.2. The number of aryl methyl sites for hydroxylation is 3. The van der Waals surface area contributed by atoms with E-state index < -0.39 is 22.5 Å². The molecule has 0 radical (unpaired) electrons. The van der Waals surface area contributed by atoms with Gasteiger partial charge in [0, 0.05) is 0 Å². The molecule has 4 rings (SSSR count). The molecule has 3 aromatic rings. The van der Waals surface area contributed by atoms with Gasteiger partial charge in [0.05, 0.1) is 26.7 Å². The molecule has 1 aliphatic carbocycles. The molecule has 184 valence electrons. The Hall–Kier alpha value is -2.54. The number of rotatable bonds is 7.